The molecule has 3 rings (SSSR count). The molecule has 2 saturated carbocycles. The molecule has 18 heavy (non-hydrogen) atoms. The normalized spacial score (nSPS) is 26.8. The van der Waals surface area contributed by atoms with E-state index in [9.17, 15) is 4.79 Å². The van der Waals surface area contributed by atoms with Gasteiger partial charge in [0.05, 0.1) is 11.2 Å². The Balaban J connectivity index is 1.82. The Bertz CT molecular complexity index is 511. The van der Waals surface area contributed by atoms with Crippen molar-refractivity contribution in [1.29, 1.82) is 0 Å². The summed E-state index contributed by atoms with van der Waals surface area (Å²) < 4.78 is 1.52. The second-order valence-corrected chi connectivity index (χ2v) is 5.71. The van der Waals surface area contributed by atoms with E-state index < -0.39 is 0 Å². The van der Waals surface area contributed by atoms with Crippen LogP contribution in [0.5, 0.6) is 0 Å². The smallest absolute Gasteiger partial charge is 0.291 e. The van der Waals surface area contributed by atoms with Crippen molar-refractivity contribution in [3.05, 3.63) is 21.6 Å². The van der Waals surface area contributed by atoms with Gasteiger partial charge in [0.15, 0.2) is 0 Å². The lowest BCUT2D eigenvalue weighted by Gasteiger charge is -2.25. The van der Waals surface area contributed by atoms with Crippen molar-refractivity contribution in [2.75, 3.05) is 5.32 Å². The lowest BCUT2D eigenvalue weighted by molar-refractivity contribution is 0.262. The predicted molar refractivity (Wildman–Crippen MR) is 70.9 cm³/mol. The average molecular weight is 269 g/mol. The van der Waals surface area contributed by atoms with Gasteiger partial charge in [-0.2, -0.15) is 5.10 Å². The highest BCUT2D eigenvalue weighted by Crippen LogP contribution is 2.28. The van der Waals surface area contributed by atoms with Crippen LogP contribution in [0.15, 0.2) is 11.0 Å². The molecule has 6 heteroatoms. The molecule has 2 aliphatic carbocycles. The second-order valence-electron chi connectivity index (χ2n) is 5.30. The monoisotopic (exact) mass is 268 g/mol. The van der Waals surface area contributed by atoms with Crippen LogP contribution >= 0.6 is 11.6 Å². The van der Waals surface area contributed by atoms with Gasteiger partial charge in [-0.3, -0.25) is 4.79 Å². The highest BCUT2D eigenvalue weighted by Gasteiger charge is 2.34. The summed E-state index contributed by atoms with van der Waals surface area (Å²) in [6.45, 7) is 0.696. The number of anilines is 1. The largest absolute Gasteiger partial charge is 0.375 e. The number of hydrogen-bond donors (Lipinski definition) is 2. The highest BCUT2D eigenvalue weighted by molar-refractivity contribution is 6.33. The van der Waals surface area contributed by atoms with Crippen LogP contribution in [0.1, 0.15) is 25.7 Å². The second kappa shape index (κ2) is 4.55. The number of halogens is 1. The molecule has 1 aromatic rings. The van der Waals surface area contributed by atoms with Crippen molar-refractivity contribution in [3.63, 3.8) is 0 Å². The summed E-state index contributed by atoms with van der Waals surface area (Å²) in [5.41, 5.74) is 6.05. The van der Waals surface area contributed by atoms with Gasteiger partial charge in [0.1, 0.15) is 5.69 Å². The molecule has 0 amide bonds. The molecule has 5 nitrogen and oxygen atoms in total. The summed E-state index contributed by atoms with van der Waals surface area (Å²) in [5, 5.41) is 7.61. The minimum atomic E-state index is -0.131. The SMILES string of the molecule is NC1CC1Nc1c(Cl)cnn(CC2CCC2)c1=O. The molecule has 2 fully saturated rings. The number of nitrogens with two attached hydrogens (primary N) is 1. The number of nitrogens with zero attached hydrogens (tertiary/aromatic N) is 2. The van der Waals surface area contributed by atoms with Crippen LogP contribution in [-0.2, 0) is 6.54 Å². The molecule has 98 valence electrons. The van der Waals surface area contributed by atoms with E-state index in [1.54, 1.807) is 0 Å². The van der Waals surface area contributed by atoms with Crippen molar-refractivity contribution in [2.24, 2.45) is 11.7 Å². The van der Waals surface area contributed by atoms with Crippen molar-refractivity contribution in [3.8, 4) is 0 Å². The Kier molecular flexibility index (Phi) is 3.03. The van der Waals surface area contributed by atoms with Crippen LogP contribution in [0, 0.1) is 5.92 Å². The van der Waals surface area contributed by atoms with Gasteiger partial charge in [0.25, 0.3) is 5.56 Å². The van der Waals surface area contributed by atoms with Crippen molar-refractivity contribution < 1.29 is 0 Å². The van der Waals surface area contributed by atoms with E-state index in [0.717, 1.165) is 6.42 Å². The van der Waals surface area contributed by atoms with Gasteiger partial charge < -0.3 is 11.1 Å². The third kappa shape index (κ3) is 2.24. The summed E-state index contributed by atoms with van der Waals surface area (Å²) in [7, 11) is 0. The maximum Gasteiger partial charge on any atom is 0.291 e. The van der Waals surface area contributed by atoms with Gasteiger partial charge in [0, 0.05) is 18.6 Å². The van der Waals surface area contributed by atoms with Crippen LogP contribution in [0.3, 0.4) is 0 Å². The highest BCUT2D eigenvalue weighted by atomic mass is 35.5. The molecule has 0 aliphatic heterocycles. The lowest BCUT2D eigenvalue weighted by Crippen LogP contribution is -2.31. The Morgan fingerprint density at radius 2 is 2.28 bits per heavy atom. The standard InChI is InChI=1S/C12H17ClN4O/c13-8-5-15-17(6-7-2-1-3-7)12(18)11(8)16-10-4-9(10)14/h5,7,9-10,16H,1-4,6,14H2. The molecule has 1 heterocycles. The zero-order valence-electron chi connectivity index (χ0n) is 10.1. The summed E-state index contributed by atoms with van der Waals surface area (Å²) in [6, 6.07) is 0.309. The molecule has 0 radical (unpaired) electrons. The molecule has 3 N–H and O–H groups in total. The minimum absolute atomic E-state index is 0.131. The number of aromatic nitrogens is 2. The molecule has 2 atom stereocenters. The summed E-state index contributed by atoms with van der Waals surface area (Å²) in [4.78, 5) is 12.2. The summed E-state index contributed by atoms with van der Waals surface area (Å²) >= 11 is 6.03. The third-order valence-electron chi connectivity index (χ3n) is 3.82. The lowest BCUT2D eigenvalue weighted by atomic mass is 9.85. The van der Waals surface area contributed by atoms with Crippen LogP contribution < -0.4 is 16.6 Å². The molecule has 2 aliphatic rings. The van der Waals surface area contributed by atoms with Crippen molar-refractivity contribution in [1.82, 2.24) is 9.78 Å². The van der Waals surface area contributed by atoms with Crippen LogP contribution in [0.25, 0.3) is 0 Å². The first-order valence-electron chi connectivity index (χ1n) is 6.43. The van der Waals surface area contributed by atoms with E-state index in [-0.39, 0.29) is 17.6 Å². The summed E-state index contributed by atoms with van der Waals surface area (Å²) in [6.07, 6.45) is 6.06. The maximum absolute atomic E-state index is 12.2. The maximum atomic E-state index is 12.2. The van der Waals surface area contributed by atoms with E-state index in [0.29, 0.717) is 23.2 Å². The first-order valence-corrected chi connectivity index (χ1v) is 6.80. The van der Waals surface area contributed by atoms with Gasteiger partial charge in [0.2, 0.25) is 0 Å². The van der Waals surface area contributed by atoms with Gasteiger partial charge in [-0.1, -0.05) is 18.0 Å². The number of rotatable bonds is 4. The topological polar surface area (TPSA) is 72.9 Å². The van der Waals surface area contributed by atoms with Crippen molar-refractivity contribution >= 4 is 17.3 Å². The number of hydrogen-bond acceptors (Lipinski definition) is 4. The van der Waals surface area contributed by atoms with Crippen LogP contribution in [-0.4, -0.2) is 21.9 Å². The quantitative estimate of drug-likeness (QED) is 0.861. The molecule has 0 spiro atoms. The van der Waals surface area contributed by atoms with E-state index in [1.807, 2.05) is 0 Å². The van der Waals surface area contributed by atoms with E-state index in [1.165, 1.54) is 30.1 Å². The Hall–Kier alpha value is -1.07. The van der Waals surface area contributed by atoms with Gasteiger partial charge in [-0.25, -0.2) is 4.68 Å². The van der Waals surface area contributed by atoms with Crippen LogP contribution in [0.2, 0.25) is 5.02 Å². The van der Waals surface area contributed by atoms with E-state index in [4.69, 9.17) is 17.3 Å². The molecular formula is C12H17ClN4O. The predicted octanol–water partition coefficient (Wildman–Crippen LogP) is 1.21. The van der Waals surface area contributed by atoms with Gasteiger partial charge in [-0.15, -0.1) is 0 Å². The van der Waals surface area contributed by atoms with Gasteiger partial charge in [-0.05, 0) is 25.2 Å². The fraction of sp³-hybridized carbons (Fsp3) is 0.667. The first kappa shape index (κ1) is 12.0. The summed E-state index contributed by atoms with van der Waals surface area (Å²) in [5.74, 6) is 0.590. The molecule has 1 aromatic heterocycles. The zero-order valence-corrected chi connectivity index (χ0v) is 10.9. The molecule has 0 saturated heterocycles. The molecule has 0 aromatic carbocycles. The van der Waals surface area contributed by atoms with Gasteiger partial charge >= 0.3 is 0 Å². The Morgan fingerprint density at radius 3 is 2.83 bits per heavy atom. The first-order chi connectivity index (χ1) is 8.65. The fourth-order valence-electron chi connectivity index (χ4n) is 2.22. The third-order valence-corrected chi connectivity index (χ3v) is 4.11. The fourth-order valence-corrected chi connectivity index (χ4v) is 2.39. The molecule has 2 unspecified atom stereocenters. The van der Waals surface area contributed by atoms with Crippen LogP contribution in [0.4, 0.5) is 5.69 Å². The van der Waals surface area contributed by atoms with Crippen molar-refractivity contribution in [2.45, 2.75) is 44.3 Å². The molecular weight excluding hydrogens is 252 g/mol. The Morgan fingerprint density at radius 1 is 1.56 bits per heavy atom. The zero-order chi connectivity index (χ0) is 12.7. The molecule has 0 bridgehead atoms. The minimum Gasteiger partial charge on any atom is -0.375 e. The van der Waals surface area contributed by atoms with E-state index >= 15 is 0 Å². The van der Waals surface area contributed by atoms with E-state index in [2.05, 4.69) is 10.4 Å². The average Bonchev–Trinajstić information content (AvgIpc) is 2.97. The number of nitrogens with one attached hydrogen (secondary N) is 1. The Labute approximate surface area is 110 Å².